The maximum atomic E-state index is 5.69. The zero-order chi connectivity index (χ0) is 12.6. The molecule has 0 saturated carbocycles. The lowest BCUT2D eigenvalue weighted by Gasteiger charge is -2.08. The maximum Gasteiger partial charge on any atom is 0.0964 e. The van der Waals surface area contributed by atoms with Gasteiger partial charge in [0, 0.05) is 19.3 Å². The van der Waals surface area contributed by atoms with Crippen LogP contribution in [0, 0.1) is 0 Å². The van der Waals surface area contributed by atoms with E-state index in [-0.39, 0.29) is 6.10 Å². The molecular formula is C12H22N4O2. The molecule has 2 heterocycles. The van der Waals surface area contributed by atoms with Gasteiger partial charge in [-0.3, -0.25) is 0 Å². The highest BCUT2D eigenvalue weighted by Gasteiger charge is 2.15. The van der Waals surface area contributed by atoms with E-state index in [1.54, 1.807) is 0 Å². The second kappa shape index (κ2) is 7.45. The van der Waals surface area contributed by atoms with Crippen LogP contribution >= 0.6 is 0 Å². The summed E-state index contributed by atoms with van der Waals surface area (Å²) < 4.78 is 12.8. The van der Waals surface area contributed by atoms with Crippen molar-refractivity contribution in [3.63, 3.8) is 0 Å². The van der Waals surface area contributed by atoms with Gasteiger partial charge in [-0.1, -0.05) is 12.1 Å². The lowest BCUT2D eigenvalue weighted by molar-refractivity contribution is 0.0369. The first-order valence-electron chi connectivity index (χ1n) is 6.67. The lowest BCUT2D eigenvalue weighted by Crippen LogP contribution is -2.16. The fraction of sp³-hybridized carbons (Fsp3) is 0.833. The molecule has 1 aromatic heterocycles. The quantitative estimate of drug-likeness (QED) is 0.688. The summed E-state index contributed by atoms with van der Waals surface area (Å²) in [5, 5.41) is 11.5. The van der Waals surface area contributed by atoms with Crippen molar-refractivity contribution in [1.82, 2.24) is 20.3 Å². The number of rotatable bonds is 8. The van der Waals surface area contributed by atoms with Crippen molar-refractivity contribution in [2.45, 2.75) is 39.0 Å². The van der Waals surface area contributed by atoms with Crippen LogP contribution in [-0.4, -0.2) is 47.5 Å². The molecule has 1 N–H and O–H groups in total. The van der Waals surface area contributed by atoms with Crippen LogP contribution in [0.25, 0.3) is 0 Å². The number of nitrogens with one attached hydrogen (secondary N) is 1. The molecule has 0 aromatic carbocycles. The molecule has 1 unspecified atom stereocenters. The van der Waals surface area contributed by atoms with E-state index in [2.05, 4.69) is 22.6 Å². The predicted octanol–water partition coefficient (Wildman–Crippen LogP) is 0.583. The number of nitrogens with zero attached hydrogens (tertiary/aromatic N) is 3. The smallest absolute Gasteiger partial charge is 0.0964 e. The Labute approximate surface area is 108 Å². The molecule has 0 radical (unpaired) electrons. The van der Waals surface area contributed by atoms with E-state index in [0.717, 1.165) is 51.4 Å². The number of hydrogen-bond acceptors (Lipinski definition) is 5. The lowest BCUT2D eigenvalue weighted by atomic mass is 10.3. The molecule has 0 amide bonds. The molecule has 0 bridgehead atoms. The van der Waals surface area contributed by atoms with Gasteiger partial charge in [0.1, 0.15) is 0 Å². The number of ether oxygens (including phenoxy) is 2. The van der Waals surface area contributed by atoms with Crippen LogP contribution in [0.4, 0.5) is 0 Å². The van der Waals surface area contributed by atoms with E-state index in [1.807, 2.05) is 10.9 Å². The van der Waals surface area contributed by atoms with Crippen molar-refractivity contribution < 1.29 is 9.47 Å². The van der Waals surface area contributed by atoms with Crippen molar-refractivity contribution in [2.24, 2.45) is 0 Å². The van der Waals surface area contributed by atoms with Gasteiger partial charge in [-0.25, -0.2) is 4.68 Å². The van der Waals surface area contributed by atoms with E-state index in [9.17, 15) is 0 Å². The Morgan fingerprint density at radius 2 is 2.56 bits per heavy atom. The molecule has 6 nitrogen and oxygen atoms in total. The first-order valence-corrected chi connectivity index (χ1v) is 6.67. The van der Waals surface area contributed by atoms with Gasteiger partial charge < -0.3 is 14.8 Å². The molecule has 1 aliphatic rings. The summed E-state index contributed by atoms with van der Waals surface area (Å²) in [6.07, 6.45) is 4.37. The van der Waals surface area contributed by atoms with Crippen molar-refractivity contribution in [3.8, 4) is 0 Å². The summed E-state index contributed by atoms with van der Waals surface area (Å²) in [5.41, 5.74) is 0.979. The molecule has 18 heavy (non-hydrogen) atoms. The highest BCUT2D eigenvalue weighted by atomic mass is 16.5. The fourth-order valence-electron chi connectivity index (χ4n) is 1.88. The zero-order valence-electron chi connectivity index (χ0n) is 11.0. The maximum absolute atomic E-state index is 5.69. The van der Waals surface area contributed by atoms with Crippen LogP contribution < -0.4 is 5.32 Å². The van der Waals surface area contributed by atoms with E-state index in [1.165, 1.54) is 0 Å². The number of aromatic nitrogens is 3. The van der Waals surface area contributed by atoms with Gasteiger partial charge in [-0.15, -0.1) is 5.10 Å². The summed E-state index contributed by atoms with van der Waals surface area (Å²) in [6, 6.07) is 0. The molecule has 2 rings (SSSR count). The fourth-order valence-corrected chi connectivity index (χ4v) is 1.88. The average Bonchev–Trinajstić information content (AvgIpc) is 3.01. The first-order chi connectivity index (χ1) is 8.88. The Hall–Kier alpha value is -0.980. The highest BCUT2D eigenvalue weighted by molar-refractivity contribution is 4.91. The van der Waals surface area contributed by atoms with Crippen molar-refractivity contribution in [3.05, 3.63) is 11.9 Å². The van der Waals surface area contributed by atoms with E-state index in [0.29, 0.717) is 6.61 Å². The van der Waals surface area contributed by atoms with Gasteiger partial charge in [0.05, 0.1) is 31.6 Å². The molecule has 102 valence electrons. The normalized spacial score (nSPS) is 19.5. The molecule has 1 saturated heterocycles. The van der Waals surface area contributed by atoms with Crippen LogP contribution in [0.1, 0.15) is 25.5 Å². The van der Waals surface area contributed by atoms with Gasteiger partial charge in [-0.05, 0) is 19.4 Å². The largest absolute Gasteiger partial charge is 0.379 e. The van der Waals surface area contributed by atoms with Gasteiger partial charge in [0.2, 0.25) is 0 Å². The molecule has 1 aromatic rings. The average molecular weight is 254 g/mol. The summed E-state index contributed by atoms with van der Waals surface area (Å²) >= 11 is 0. The minimum atomic E-state index is 0.263. The standard InChI is InChI=1S/C12H22N4O2/c1-2-4-13-8-11-9-16(15-14-11)5-7-18-12-3-6-17-10-12/h9,12-13H,2-8,10H2,1H3. The molecular weight excluding hydrogens is 232 g/mol. The molecule has 1 fully saturated rings. The molecule has 6 heteroatoms. The molecule has 1 atom stereocenters. The third-order valence-corrected chi connectivity index (χ3v) is 2.88. The second-order valence-corrected chi connectivity index (χ2v) is 4.51. The zero-order valence-corrected chi connectivity index (χ0v) is 11.0. The topological polar surface area (TPSA) is 61.2 Å². The molecule has 0 aliphatic carbocycles. The Morgan fingerprint density at radius 1 is 1.61 bits per heavy atom. The van der Waals surface area contributed by atoms with Crippen molar-refractivity contribution in [1.29, 1.82) is 0 Å². The second-order valence-electron chi connectivity index (χ2n) is 4.51. The SMILES string of the molecule is CCCNCc1cn(CCOC2CCOC2)nn1. The third-order valence-electron chi connectivity index (χ3n) is 2.88. The van der Waals surface area contributed by atoms with Gasteiger partial charge in [0.25, 0.3) is 0 Å². The number of hydrogen-bond donors (Lipinski definition) is 1. The van der Waals surface area contributed by atoms with Crippen molar-refractivity contribution >= 4 is 0 Å². The van der Waals surface area contributed by atoms with Crippen LogP contribution in [0.15, 0.2) is 6.20 Å². The summed E-state index contributed by atoms with van der Waals surface area (Å²) in [4.78, 5) is 0. The molecule has 1 aliphatic heterocycles. The van der Waals surface area contributed by atoms with E-state index in [4.69, 9.17) is 9.47 Å². The molecule has 0 spiro atoms. The van der Waals surface area contributed by atoms with E-state index >= 15 is 0 Å². The Morgan fingerprint density at radius 3 is 3.33 bits per heavy atom. The van der Waals surface area contributed by atoms with Crippen LogP contribution in [0.2, 0.25) is 0 Å². The van der Waals surface area contributed by atoms with Gasteiger partial charge in [0.15, 0.2) is 0 Å². The summed E-state index contributed by atoms with van der Waals surface area (Å²) in [6.45, 7) is 6.90. The Bertz CT molecular complexity index is 337. The first kappa shape index (κ1) is 13.5. The van der Waals surface area contributed by atoms with E-state index < -0.39 is 0 Å². The minimum Gasteiger partial charge on any atom is -0.379 e. The summed E-state index contributed by atoms with van der Waals surface area (Å²) in [5.74, 6) is 0. The predicted molar refractivity (Wildman–Crippen MR) is 67.2 cm³/mol. The minimum absolute atomic E-state index is 0.263. The van der Waals surface area contributed by atoms with Crippen molar-refractivity contribution in [2.75, 3.05) is 26.4 Å². The summed E-state index contributed by atoms with van der Waals surface area (Å²) in [7, 11) is 0. The third kappa shape index (κ3) is 4.36. The van der Waals surface area contributed by atoms with Crippen LogP contribution in [0.5, 0.6) is 0 Å². The Kier molecular flexibility index (Phi) is 5.57. The van der Waals surface area contributed by atoms with Crippen LogP contribution in [-0.2, 0) is 22.6 Å². The highest BCUT2D eigenvalue weighted by Crippen LogP contribution is 2.07. The van der Waals surface area contributed by atoms with Gasteiger partial charge in [-0.2, -0.15) is 0 Å². The monoisotopic (exact) mass is 254 g/mol. The van der Waals surface area contributed by atoms with Gasteiger partial charge >= 0.3 is 0 Å². The van der Waals surface area contributed by atoms with Crippen LogP contribution in [0.3, 0.4) is 0 Å². The Balaban J connectivity index is 1.63.